The Bertz CT molecular complexity index is 397. The quantitative estimate of drug-likeness (QED) is 0.890. The molecule has 0 radical (unpaired) electrons. The van der Waals surface area contributed by atoms with Gasteiger partial charge in [-0.25, -0.2) is 0 Å². The van der Waals surface area contributed by atoms with E-state index in [0.29, 0.717) is 4.88 Å². The second kappa shape index (κ2) is 5.45. The minimum absolute atomic E-state index is 0.150. The van der Waals surface area contributed by atoms with Gasteiger partial charge >= 0.3 is 0 Å². The van der Waals surface area contributed by atoms with Crippen molar-refractivity contribution in [2.75, 3.05) is 0 Å². The van der Waals surface area contributed by atoms with Crippen molar-refractivity contribution < 1.29 is 9.59 Å². The first-order chi connectivity index (χ1) is 7.40. The molecule has 0 saturated carbocycles. The lowest BCUT2D eigenvalue weighted by Crippen LogP contribution is -2.35. The van der Waals surface area contributed by atoms with Crippen LogP contribution >= 0.6 is 27.3 Å². The molecule has 0 saturated heterocycles. The molecular weight excluding hydrogens is 292 g/mol. The molecule has 1 unspecified atom stereocenters. The third-order valence-electron chi connectivity index (χ3n) is 1.97. The molecule has 1 aromatic rings. The van der Waals surface area contributed by atoms with Gasteiger partial charge in [0.2, 0.25) is 5.91 Å². The lowest BCUT2D eigenvalue weighted by atomic mass is 10.2. The number of primary amides is 1. The van der Waals surface area contributed by atoms with E-state index in [1.807, 2.05) is 6.92 Å². The fourth-order valence-corrected chi connectivity index (χ4v) is 2.66. The van der Waals surface area contributed by atoms with Gasteiger partial charge in [0.05, 0.1) is 8.66 Å². The van der Waals surface area contributed by atoms with Crippen LogP contribution in [0.15, 0.2) is 9.85 Å². The summed E-state index contributed by atoms with van der Waals surface area (Å²) in [5.74, 6) is -0.594. The minimum Gasteiger partial charge on any atom is -0.370 e. The molecule has 1 rings (SSSR count). The molecule has 1 heterocycles. The maximum atomic E-state index is 11.7. The fourth-order valence-electron chi connectivity index (χ4n) is 1.22. The molecular formula is C10H13BrN2O2S. The summed E-state index contributed by atoms with van der Waals surface area (Å²) in [5.41, 5.74) is 6.07. The summed E-state index contributed by atoms with van der Waals surface area (Å²) in [6.07, 6.45) is 0.150. The average molecular weight is 305 g/mol. The molecule has 0 aliphatic heterocycles. The topological polar surface area (TPSA) is 72.2 Å². The molecule has 0 bridgehead atoms. The van der Waals surface area contributed by atoms with E-state index in [4.69, 9.17) is 5.73 Å². The van der Waals surface area contributed by atoms with Crippen molar-refractivity contribution in [3.8, 4) is 0 Å². The Morgan fingerprint density at radius 1 is 1.62 bits per heavy atom. The van der Waals surface area contributed by atoms with Crippen LogP contribution in [0.2, 0.25) is 0 Å². The molecule has 0 fully saturated rings. The minimum atomic E-state index is -0.420. The molecule has 6 heteroatoms. The first-order valence-electron chi connectivity index (χ1n) is 4.75. The third-order valence-corrected chi connectivity index (χ3v) is 4.10. The SMILES string of the molecule is Cc1cc(C(=O)NC(C)CC(N)=O)sc1Br. The fraction of sp³-hybridized carbons (Fsp3) is 0.400. The van der Waals surface area contributed by atoms with Gasteiger partial charge in [-0.1, -0.05) is 0 Å². The van der Waals surface area contributed by atoms with Crippen molar-refractivity contribution >= 4 is 39.1 Å². The predicted molar refractivity (Wildman–Crippen MR) is 67.5 cm³/mol. The standard InChI is InChI=1S/C10H13BrN2O2S/c1-5-3-7(16-9(5)11)10(15)13-6(2)4-8(12)14/h3,6H,4H2,1-2H3,(H2,12,14)(H,13,15). The second-order valence-corrected chi connectivity index (χ2v) is 5.98. The van der Waals surface area contributed by atoms with E-state index in [9.17, 15) is 9.59 Å². The highest BCUT2D eigenvalue weighted by atomic mass is 79.9. The molecule has 0 aliphatic carbocycles. The zero-order valence-electron chi connectivity index (χ0n) is 9.04. The number of carbonyl (C=O) groups is 2. The smallest absolute Gasteiger partial charge is 0.261 e. The normalized spacial score (nSPS) is 12.2. The van der Waals surface area contributed by atoms with E-state index in [0.717, 1.165) is 9.35 Å². The number of hydrogen-bond acceptors (Lipinski definition) is 3. The summed E-state index contributed by atoms with van der Waals surface area (Å²) >= 11 is 4.73. The first-order valence-corrected chi connectivity index (χ1v) is 6.36. The van der Waals surface area contributed by atoms with Crippen molar-refractivity contribution in [2.45, 2.75) is 26.3 Å². The van der Waals surface area contributed by atoms with E-state index >= 15 is 0 Å². The number of nitrogens with one attached hydrogen (secondary N) is 1. The van der Waals surface area contributed by atoms with E-state index in [-0.39, 0.29) is 18.4 Å². The highest BCUT2D eigenvalue weighted by molar-refractivity contribution is 9.11. The number of thiophene rings is 1. The van der Waals surface area contributed by atoms with Crippen LogP contribution in [-0.4, -0.2) is 17.9 Å². The molecule has 3 N–H and O–H groups in total. The van der Waals surface area contributed by atoms with E-state index in [1.165, 1.54) is 11.3 Å². The Morgan fingerprint density at radius 2 is 2.25 bits per heavy atom. The van der Waals surface area contributed by atoms with Gasteiger partial charge in [0.15, 0.2) is 0 Å². The summed E-state index contributed by atoms with van der Waals surface area (Å²) in [6.45, 7) is 3.67. The van der Waals surface area contributed by atoms with Gasteiger partial charge in [0.25, 0.3) is 5.91 Å². The van der Waals surface area contributed by atoms with E-state index in [2.05, 4.69) is 21.2 Å². The lowest BCUT2D eigenvalue weighted by molar-refractivity contribution is -0.118. The second-order valence-electron chi connectivity index (χ2n) is 3.61. The summed E-state index contributed by atoms with van der Waals surface area (Å²) in [7, 11) is 0. The molecule has 2 amide bonds. The maximum absolute atomic E-state index is 11.7. The largest absolute Gasteiger partial charge is 0.370 e. The summed E-state index contributed by atoms with van der Waals surface area (Å²) in [4.78, 5) is 23.0. The molecule has 88 valence electrons. The lowest BCUT2D eigenvalue weighted by Gasteiger charge is -2.10. The van der Waals surface area contributed by atoms with Gasteiger partial charge in [0, 0.05) is 12.5 Å². The molecule has 4 nitrogen and oxygen atoms in total. The molecule has 0 aliphatic rings. The molecule has 16 heavy (non-hydrogen) atoms. The summed E-state index contributed by atoms with van der Waals surface area (Å²) in [6, 6.07) is 1.56. The van der Waals surface area contributed by atoms with Crippen LogP contribution in [0, 0.1) is 6.92 Å². The van der Waals surface area contributed by atoms with Crippen LogP contribution in [0.5, 0.6) is 0 Å². The summed E-state index contributed by atoms with van der Waals surface area (Å²) < 4.78 is 0.945. The van der Waals surface area contributed by atoms with Gasteiger partial charge in [-0.05, 0) is 41.4 Å². The predicted octanol–water partition coefficient (Wildman–Crippen LogP) is 1.81. The van der Waals surface area contributed by atoms with Crippen LogP contribution in [0.3, 0.4) is 0 Å². The first kappa shape index (κ1) is 13.2. The number of hydrogen-bond donors (Lipinski definition) is 2. The van der Waals surface area contributed by atoms with Crippen molar-refractivity contribution in [1.82, 2.24) is 5.32 Å². The Morgan fingerprint density at radius 3 is 2.69 bits per heavy atom. The van der Waals surface area contributed by atoms with Gasteiger partial charge < -0.3 is 11.1 Å². The maximum Gasteiger partial charge on any atom is 0.261 e. The number of nitrogens with two attached hydrogens (primary N) is 1. The number of carbonyl (C=O) groups excluding carboxylic acids is 2. The monoisotopic (exact) mass is 304 g/mol. The zero-order chi connectivity index (χ0) is 12.3. The van der Waals surface area contributed by atoms with Crippen LogP contribution in [0.1, 0.15) is 28.6 Å². The summed E-state index contributed by atoms with van der Waals surface area (Å²) in [5, 5.41) is 2.72. The van der Waals surface area contributed by atoms with Crippen LogP contribution in [-0.2, 0) is 4.79 Å². The Balaban J connectivity index is 2.62. The highest BCUT2D eigenvalue weighted by Crippen LogP contribution is 2.27. The van der Waals surface area contributed by atoms with Crippen molar-refractivity contribution in [1.29, 1.82) is 0 Å². The molecule has 0 aromatic carbocycles. The van der Waals surface area contributed by atoms with Gasteiger partial charge in [-0.2, -0.15) is 0 Å². The highest BCUT2D eigenvalue weighted by Gasteiger charge is 2.14. The Kier molecular flexibility index (Phi) is 4.49. The van der Waals surface area contributed by atoms with E-state index in [1.54, 1.807) is 13.0 Å². The van der Waals surface area contributed by atoms with Crippen molar-refractivity contribution in [3.05, 3.63) is 20.3 Å². The number of rotatable bonds is 4. The Hall–Kier alpha value is -0.880. The number of amides is 2. The Labute approximate surface area is 106 Å². The van der Waals surface area contributed by atoms with Crippen LogP contribution < -0.4 is 11.1 Å². The number of halogens is 1. The molecule has 1 aromatic heterocycles. The molecule has 0 spiro atoms. The zero-order valence-corrected chi connectivity index (χ0v) is 11.4. The van der Waals surface area contributed by atoms with Crippen LogP contribution in [0.25, 0.3) is 0 Å². The number of aryl methyl sites for hydroxylation is 1. The third kappa shape index (κ3) is 3.61. The van der Waals surface area contributed by atoms with Gasteiger partial charge in [-0.15, -0.1) is 11.3 Å². The van der Waals surface area contributed by atoms with Gasteiger partial charge in [0.1, 0.15) is 0 Å². The van der Waals surface area contributed by atoms with E-state index < -0.39 is 5.91 Å². The van der Waals surface area contributed by atoms with Crippen molar-refractivity contribution in [2.24, 2.45) is 5.73 Å². The van der Waals surface area contributed by atoms with Crippen LogP contribution in [0.4, 0.5) is 0 Å². The average Bonchev–Trinajstić information content (AvgIpc) is 2.45. The van der Waals surface area contributed by atoms with Gasteiger partial charge in [-0.3, -0.25) is 9.59 Å². The molecule has 1 atom stereocenters. The van der Waals surface area contributed by atoms with Crippen molar-refractivity contribution in [3.63, 3.8) is 0 Å².